The van der Waals surface area contributed by atoms with Gasteiger partial charge in [0.1, 0.15) is 94.6 Å². The highest BCUT2D eigenvalue weighted by Crippen LogP contribution is 2.45. The molecule has 3 atom stereocenters. The van der Waals surface area contributed by atoms with E-state index >= 15 is 0 Å². The zero-order valence-corrected chi connectivity index (χ0v) is 72.2. The standard InChI is InChI=1S/C16H21BrN2O.C16H21IN2O.C16H22N2O.C15H17N3O2.C14H14N2O3.C13H12N2O3/c2*1-3-5-8-19-15-11(14(17)16(19)18)6-7-13-12(15)9-10(4-2)20-13;1-3-5-8-18-15(17)9-11-6-7-14-13(16(11)18)10-12(4-2)19-14;1-3-4-7-18-14-10-8-13(9(2)19)20-12(10)6-5-11(14)17-15(18)16;1-3-16-8(2)15-10-4-5-12-9(14(10)16)6-13(19-12)11(18)7-17;1-7-14-9-3-4-11-8(13(9)15(7)2)5-12(18-11)10(17)6-16/h2*6-7,10H,3-5,8-9,18H2,1-2H3;6-7,9,12H,3-5,8,10,17H2,1-2H3;5-6,8H,3-4,7H2,1-2H3,(H2,16,17);4-6,17H,3,7H2,1-2H3;3-5,16H,6H2,1-2H3. The third kappa shape index (κ3) is 16.2. The first-order valence-corrected chi connectivity index (χ1v) is 42.6. The molecule has 0 saturated heterocycles. The number of ether oxygens (including phenoxy) is 3. The summed E-state index contributed by atoms with van der Waals surface area (Å²) in [6.45, 7) is 26.2. The summed E-state index contributed by atoms with van der Waals surface area (Å²) >= 11 is 6.02. The molecule has 0 fully saturated rings. The number of carbonyl (C=O) groups is 3. The van der Waals surface area contributed by atoms with Crippen molar-refractivity contribution < 1.29 is 52.1 Å². The van der Waals surface area contributed by atoms with E-state index in [1.165, 1.54) is 79.2 Å². The number of fused-ring (bicyclic) bond motifs is 18. The van der Waals surface area contributed by atoms with Crippen molar-refractivity contribution in [3.05, 3.63) is 151 Å². The van der Waals surface area contributed by atoms with E-state index in [9.17, 15) is 14.4 Å². The summed E-state index contributed by atoms with van der Waals surface area (Å²) in [5.74, 6) is 7.91. The van der Waals surface area contributed by atoms with Gasteiger partial charge in [-0.25, -0.2) is 15.0 Å². The van der Waals surface area contributed by atoms with Crippen LogP contribution in [0.1, 0.15) is 193 Å². The molecule has 116 heavy (non-hydrogen) atoms. The van der Waals surface area contributed by atoms with Crippen molar-refractivity contribution in [3.8, 4) is 17.2 Å². The summed E-state index contributed by atoms with van der Waals surface area (Å²) in [7, 11) is 1.92. The van der Waals surface area contributed by atoms with Crippen molar-refractivity contribution in [2.75, 3.05) is 36.1 Å². The first kappa shape index (κ1) is 83.6. The third-order valence-corrected chi connectivity index (χ3v) is 24.4. The SMILES string of the molecule is CCCCn1c(N)c(Br)c2ccc3c(c21)CC(CC)O3.CCCCn1c(N)c(I)c2ccc3c(c21)CC(CC)O3.CCCCn1c(N)cc2ccc3c(c21)CC(CC)O3.CCCCn1c(N)nc2ccc3oc(C(C)=O)cc3c21.CCn1c(C)nc2ccc3oc(C(=O)CO)cc3c21.Cc1nc2ccc3oc(C(=O)CO)cc3c2n1C. The highest BCUT2D eigenvalue weighted by atomic mass is 127. The van der Waals surface area contributed by atoms with Crippen LogP contribution >= 0.6 is 38.5 Å². The Morgan fingerprint density at radius 1 is 0.474 bits per heavy atom. The monoisotopic (exact) mass is 1750 g/mol. The second-order valence-corrected chi connectivity index (χ2v) is 32.0. The molecule has 18 rings (SSSR count). The molecule has 15 aromatic rings. The van der Waals surface area contributed by atoms with Gasteiger partial charge in [-0.3, -0.25) is 14.4 Å². The van der Waals surface area contributed by atoms with E-state index in [0.717, 1.165) is 203 Å². The van der Waals surface area contributed by atoms with Gasteiger partial charge in [-0.05, 0) is 201 Å². The van der Waals surface area contributed by atoms with Gasteiger partial charge in [0.25, 0.3) is 0 Å². The molecule has 3 unspecified atom stereocenters. The number of nitrogens with zero attached hydrogens (tertiary/aromatic N) is 9. The van der Waals surface area contributed by atoms with Gasteiger partial charge < -0.3 is 88.0 Å². The number of nitrogen functional groups attached to an aromatic ring is 4. The Labute approximate surface area is 696 Å². The first-order valence-electron chi connectivity index (χ1n) is 40.8. The molecule has 9 aromatic heterocycles. The van der Waals surface area contributed by atoms with Crippen molar-refractivity contribution in [3.63, 3.8) is 0 Å². The molecule has 0 aliphatic carbocycles. The van der Waals surface area contributed by atoms with Crippen molar-refractivity contribution in [2.24, 2.45) is 7.05 Å². The van der Waals surface area contributed by atoms with Crippen LogP contribution in [0.15, 0.2) is 115 Å². The zero-order chi connectivity index (χ0) is 82.7. The van der Waals surface area contributed by atoms with Gasteiger partial charge in [0.2, 0.25) is 17.5 Å². The number of Topliss-reactive ketones (excluding diaryl/α,β-unsaturated/α-hetero) is 3. The molecule has 0 amide bonds. The average Bonchev–Trinajstić information content (AvgIpc) is 1.60. The fourth-order valence-corrected chi connectivity index (χ4v) is 17.4. The maximum Gasteiger partial charge on any atom is 0.223 e. The van der Waals surface area contributed by atoms with Gasteiger partial charge in [0, 0.05) is 115 Å². The molecular weight excluding hydrogens is 1650 g/mol. The molecule has 0 bridgehead atoms. The lowest BCUT2D eigenvalue weighted by molar-refractivity contribution is 0.0873. The second kappa shape index (κ2) is 36.1. The van der Waals surface area contributed by atoms with Crippen LogP contribution < -0.4 is 37.1 Å². The van der Waals surface area contributed by atoms with Gasteiger partial charge >= 0.3 is 0 Å². The van der Waals surface area contributed by atoms with Crippen LogP contribution in [0.25, 0.3) is 98.7 Å². The Hall–Kier alpha value is -10.3. The molecule has 10 N–H and O–H groups in total. The Morgan fingerprint density at radius 2 is 0.888 bits per heavy atom. The van der Waals surface area contributed by atoms with Gasteiger partial charge in [-0.2, -0.15) is 0 Å². The number of anilines is 4. The molecule has 0 spiro atoms. The Balaban J connectivity index is 0.000000121. The molecule has 612 valence electrons. The average molecular weight is 1750 g/mol. The van der Waals surface area contributed by atoms with Gasteiger partial charge in [-0.1, -0.05) is 74.1 Å². The second-order valence-electron chi connectivity index (χ2n) is 30.1. The number of hydrogen-bond donors (Lipinski definition) is 6. The van der Waals surface area contributed by atoms with Gasteiger partial charge in [0.05, 0.1) is 57.7 Å². The molecule has 12 heterocycles. The predicted molar refractivity (Wildman–Crippen MR) is 476 cm³/mol. The lowest BCUT2D eigenvalue weighted by atomic mass is 10.1. The number of aliphatic hydroxyl groups is 2. The lowest BCUT2D eigenvalue weighted by Crippen LogP contribution is -2.10. The maximum absolute atomic E-state index is 11.5. The number of nitrogens with two attached hydrogens (primary N) is 4. The highest BCUT2D eigenvalue weighted by Gasteiger charge is 2.31. The number of hydrogen-bond acceptors (Lipinski definition) is 18. The summed E-state index contributed by atoms with van der Waals surface area (Å²) in [6, 6.07) is 31.0. The number of halogens is 2. The van der Waals surface area contributed by atoms with E-state index in [1.54, 1.807) is 30.3 Å². The maximum atomic E-state index is 11.5. The Bertz CT molecular complexity index is 6040. The zero-order valence-electron chi connectivity index (χ0n) is 68.5. The summed E-state index contributed by atoms with van der Waals surface area (Å²) in [4.78, 5) is 47.7. The Kier molecular flexibility index (Phi) is 26.0. The van der Waals surface area contributed by atoms with Crippen LogP contribution in [-0.2, 0) is 59.0 Å². The van der Waals surface area contributed by atoms with E-state index in [4.69, 9.17) is 60.6 Å². The summed E-state index contributed by atoms with van der Waals surface area (Å²) in [5, 5.41) is 24.1. The number of ketones is 3. The van der Waals surface area contributed by atoms with Gasteiger partial charge in [0.15, 0.2) is 23.1 Å². The number of unbranched alkanes of at least 4 members (excludes halogenated alkanes) is 4. The molecule has 26 heteroatoms. The number of benzene rings is 6. The quantitative estimate of drug-likeness (QED) is 0.0287. The van der Waals surface area contributed by atoms with Crippen LogP contribution in [0.4, 0.5) is 23.4 Å². The third-order valence-electron chi connectivity index (χ3n) is 22.4. The van der Waals surface area contributed by atoms with Gasteiger partial charge in [-0.15, -0.1) is 0 Å². The van der Waals surface area contributed by atoms with Crippen LogP contribution in [0, 0.1) is 17.4 Å². The molecule has 0 radical (unpaired) electrons. The van der Waals surface area contributed by atoms with Crippen LogP contribution in [-0.4, -0.2) is 101 Å². The minimum atomic E-state index is -0.548. The van der Waals surface area contributed by atoms with Crippen molar-refractivity contribution in [2.45, 2.75) is 217 Å². The van der Waals surface area contributed by atoms with Crippen LogP contribution in [0.2, 0.25) is 0 Å². The predicted octanol–water partition coefficient (Wildman–Crippen LogP) is 20.0. The molecular formula is C90H107BrIN13O11. The van der Waals surface area contributed by atoms with E-state index in [2.05, 4.69) is 163 Å². The number of furan rings is 3. The van der Waals surface area contributed by atoms with Crippen molar-refractivity contribution in [1.82, 2.24) is 42.4 Å². The highest BCUT2D eigenvalue weighted by molar-refractivity contribution is 14.1. The lowest BCUT2D eigenvalue weighted by Gasteiger charge is -2.09. The van der Waals surface area contributed by atoms with Crippen molar-refractivity contribution >= 4 is 178 Å². The summed E-state index contributed by atoms with van der Waals surface area (Å²) < 4.78 is 49.6. The number of imidazole rings is 3. The van der Waals surface area contributed by atoms with E-state index in [1.807, 2.05) is 61.2 Å². The molecule has 24 nitrogen and oxygen atoms in total. The number of rotatable bonds is 21. The first-order chi connectivity index (χ1) is 56.0. The summed E-state index contributed by atoms with van der Waals surface area (Å²) in [6.07, 6.45) is 16.2. The topological polar surface area (TPSA) is 331 Å². The van der Waals surface area contributed by atoms with E-state index in [-0.39, 0.29) is 17.3 Å². The molecule has 6 aromatic carbocycles. The number of aliphatic hydroxyl groups excluding tert-OH is 2. The molecule has 3 aliphatic heterocycles. The Morgan fingerprint density at radius 3 is 1.38 bits per heavy atom. The number of carbonyl (C=O) groups excluding carboxylic acids is 3. The fraction of sp³-hybridized carbons (Fsp3) is 0.400. The largest absolute Gasteiger partial charge is 0.490 e. The molecule has 0 saturated carbocycles. The minimum Gasteiger partial charge on any atom is -0.490 e. The van der Waals surface area contributed by atoms with E-state index < -0.39 is 24.8 Å². The minimum absolute atomic E-state index is 0.0815. The van der Waals surface area contributed by atoms with Crippen LogP contribution in [0.5, 0.6) is 17.2 Å². The fourth-order valence-electron chi connectivity index (χ4n) is 16.1. The normalized spacial score (nSPS) is 14.6. The number of aryl methyl sites for hydroxylation is 8. The number of aromatic nitrogens is 9. The van der Waals surface area contributed by atoms with Crippen molar-refractivity contribution in [1.29, 1.82) is 0 Å². The van der Waals surface area contributed by atoms with E-state index in [0.29, 0.717) is 46.8 Å². The van der Waals surface area contributed by atoms with Crippen LogP contribution in [0.3, 0.4) is 0 Å². The summed E-state index contributed by atoms with van der Waals surface area (Å²) in [5.41, 5.74) is 40.1. The molecule has 3 aliphatic rings. The smallest absolute Gasteiger partial charge is 0.223 e.